The van der Waals surface area contributed by atoms with Crippen LogP contribution in [0.5, 0.6) is 5.75 Å². The van der Waals surface area contributed by atoms with Crippen LogP contribution in [0.25, 0.3) is 22.4 Å². The molecule has 1 saturated heterocycles. The van der Waals surface area contributed by atoms with E-state index in [0.717, 1.165) is 27.4 Å². The molecule has 1 fully saturated rings. The molecular formula is C24H23N3O5S. The van der Waals surface area contributed by atoms with Gasteiger partial charge in [-0.05, 0) is 37.1 Å². The monoisotopic (exact) mass is 465 g/mol. The van der Waals surface area contributed by atoms with E-state index in [0.29, 0.717) is 12.4 Å². The Morgan fingerprint density at radius 3 is 2.03 bits per heavy atom. The molecule has 0 aliphatic carbocycles. The summed E-state index contributed by atoms with van der Waals surface area (Å²) in [7, 11) is 0. The molecule has 2 aromatic carbocycles. The second-order valence-corrected chi connectivity index (χ2v) is 8.53. The van der Waals surface area contributed by atoms with Gasteiger partial charge in [0, 0.05) is 24.0 Å². The molecule has 0 spiro atoms. The molecule has 1 aromatic heterocycles. The third-order valence-corrected chi connectivity index (χ3v) is 6.04. The lowest BCUT2D eigenvalue weighted by atomic mass is 9.95. The summed E-state index contributed by atoms with van der Waals surface area (Å²) >= 11 is 1.61. The number of aromatic nitrogens is 1. The Morgan fingerprint density at radius 2 is 1.48 bits per heavy atom. The van der Waals surface area contributed by atoms with Gasteiger partial charge in [-0.25, -0.2) is 9.78 Å². The molecule has 1 aliphatic rings. The van der Waals surface area contributed by atoms with Crippen molar-refractivity contribution in [3.05, 3.63) is 58.9 Å². The van der Waals surface area contributed by atoms with Crippen LogP contribution in [-0.2, 0) is 14.3 Å². The van der Waals surface area contributed by atoms with Gasteiger partial charge in [0.15, 0.2) is 0 Å². The quantitative estimate of drug-likeness (QED) is 0.388. The third-order valence-electron chi connectivity index (χ3n) is 5.27. The Kier molecular flexibility index (Phi) is 6.52. The number of carbonyl (C=O) groups is 3. The molecule has 1 aliphatic heterocycles. The number of ether oxygens (including phenoxy) is 2. The second kappa shape index (κ2) is 9.51. The van der Waals surface area contributed by atoms with Crippen LogP contribution in [0.1, 0.15) is 18.4 Å². The lowest BCUT2D eigenvalue weighted by Crippen LogP contribution is -2.69. The summed E-state index contributed by atoms with van der Waals surface area (Å²) in [5.41, 5.74) is 2.05. The normalized spacial score (nSPS) is 15.2. The highest BCUT2D eigenvalue weighted by Gasteiger charge is 2.52. The minimum Gasteiger partial charge on any atom is -0.467 e. The minimum atomic E-state index is -1.89. The minimum absolute atomic E-state index is 0.0366. The number of hydrogen-bond acceptors (Lipinski definition) is 7. The predicted octanol–water partition coefficient (Wildman–Crippen LogP) is 3.70. The topological polar surface area (TPSA) is 107 Å². The van der Waals surface area contributed by atoms with Crippen LogP contribution in [0.4, 0.5) is 4.79 Å². The largest absolute Gasteiger partial charge is 0.467 e. The van der Waals surface area contributed by atoms with E-state index in [1.54, 1.807) is 30.4 Å². The van der Waals surface area contributed by atoms with Gasteiger partial charge in [-0.1, -0.05) is 36.4 Å². The van der Waals surface area contributed by atoms with Crippen molar-refractivity contribution in [3.63, 3.8) is 0 Å². The Balaban J connectivity index is 1.53. The van der Waals surface area contributed by atoms with Crippen LogP contribution < -0.4 is 15.4 Å². The predicted molar refractivity (Wildman–Crippen MR) is 124 cm³/mol. The number of nitrogens with zero attached hydrogens (tertiary/aromatic N) is 1. The molecule has 8 nitrogen and oxygen atoms in total. The Bertz CT molecular complexity index is 1150. The van der Waals surface area contributed by atoms with Gasteiger partial charge in [0.05, 0.1) is 17.3 Å². The van der Waals surface area contributed by atoms with E-state index >= 15 is 0 Å². The van der Waals surface area contributed by atoms with Crippen molar-refractivity contribution in [2.45, 2.75) is 25.9 Å². The van der Waals surface area contributed by atoms with Crippen LogP contribution in [0, 0.1) is 6.92 Å². The fraction of sp³-hybridized carbons (Fsp3) is 0.250. The zero-order valence-electron chi connectivity index (χ0n) is 18.2. The van der Waals surface area contributed by atoms with Gasteiger partial charge >= 0.3 is 6.03 Å². The molecule has 0 unspecified atom stereocenters. The van der Waals surface area contributed by atoms with E-state index in [2.05, 4.69) is 15.6 Å². The first-order chi connectivity index (χ1) is 15.9. The van der Waals surface area contributed by atoms with Crippen LogP contribution in [0.15, 0.2) is 53.9 Å². The molecule has 0 radical (unpaired) electrons. The molecule has 4 amide bonds. The maximum Gasteiger partial charge on any atom is 0.328 e. The summed E-state index contributed by atoms with van der Waals surface area (Å²) in [6, 6.07) is 14.3. The van der Waals surface area contributed by atoms with Crippen molar-refractivity contribution < 1.29 is 23.9 Å². The first-order valence-electron chi connectivity index (χ1n) is 10.5. The lowest BCUT2D eigenvalue weighted by molar-refractivity contribution is -0.153. The van der Waals surface area contributed by atoms with E-state index in [9.17, 15) is 14.4 Å². The number of carbonyl (C=O) groups excluding carboxylic acids is 3. The van der Waals surface area contributed by atoms with Crippen molar-refractivity contribution in [2.24, 2.45) is 0 Å². The molecule has 3 aromatic rings. The Morgan fingerprint density at radius 1 is 0.909 bits per heavy atom. The fourth-order valence-corrected chi connectivity index (χ4v) is 4.14. The number of urea groups is 1. The van der Waals surface area contributed by atoms with E-state index in [1.165, 1.54) is 0 Å². The summed E-state index contributed by atoms with van der Waals surface area (Å²) < 4.78 is 11.2. The number of benzene rings is 2. The molecule has 170 valence electrons. The highest BCUT2D eigenvalue weighted by molar-refractivity contribution is 7.09. The lowest BCUT2D eigenvalue weighted by Gasteiger charge is -2.34. The molecule has 0 bridgehead atoms. The molecule has 2 heterocycles. The van der Waals surface area contributed by atoms with E-state index in [4.69, 9.17) is 9.47 Å². The smallest absolute Gasteiger partial charge is 0.328 e. The summed E-state index contributed by atoms with van der Waals surface area (Å²) in [5, 5.41) is 7.27. The van der Waals surface area contributed by atoms with Gasteiger partial charge in [0.1, 0.15) is 5.75 Å². The van der Waals surface area contributed by atoms with Gasteiger partial charge in [-0.2, -0.15) is 0 Å². The summed E-state index contributed by atoms with van der Waals surface area (Å²) in [4.78, 5) is 41.2. The number of rotatable bonds is 8. The molecule has 0 saturated carbocycles. The Hall–Kier alpha value is -3.56. The van der Waals surface area contributed by atoms with E-state index in [1.807, 2.05) is 48.7 Å². The summed E-state index contributed by atoms with van der Waals surface area (Å²) in [5.74, 6) is -1.30. The number of nitrogens with one attached hydrogen (secondary N) is 2. The first-order valence-corrected chi connectivity index (χ1v) is 11.4. The number of amides is 4. The van der Waals surface area contributed by atoms with Crippen molar-refractivity contribution in [1.29, 1.82) is 0 Å². The molecule has 9 heteroatoms. The van der Waals surface area contributed by atoms with Gasteiger partial charge < -0.3 is 9.47 Å². The van der Waals surface area contributed by atoms with E-state index in [-0.39, 0.29) is 13.0 Å². The van der Waals surface area contributed by atoms with Crippen molar-refractivity contribution in [1.82, 2.24) is 15.6 Å². The summed E-state index contributed by atoms with van der Waals surface area (Å²) in [6.07, 6.45) is -0.0366. The summed E-state index contributed by atoms with van der Waals surface area (Å²) in [6.45, 7) is 4.33. The fourth-order valence-electron chi connectivity index (χ4n) is 3.52. The van der Waals surface area contributed by atoms with Crippen LogP contribution >= 0.6 is 11.3 Å². The molecule has 4 rings (SSSR count). The van der Waals surface area contributed by atoms with Gasteiger partial charge in [0.2, 0.25) is 0 Å². The third kappa shape index (κ3) is 4.79. The number of aryl methyl sites for hydroxylation is 1. The molecule has 33 heavy (non-hydrogen) atoms. The number of imide groups is 2. The number of barbiturate groups is 1. The van der Waals surface area contributed by atoms with Crippen molar-refractivity contribution >= 4 is 29.2 Å². The number of thiazole rings is 1. The van der Waals surface area contributed by atoms with Gasteiger partial charge in [-0.15, -0.1) is 11.3 Å². The highest BCUT2D eigenvalue weighted by Crippen LogP contribution is 2.29. The zero-order chi connectivity index (χ0) is 23.4. The van der Waals surface area contributed by atoms with Crippen molar-refractivity contribution in [3.8, 4) is 28.1 Å². The van der Waals surface area contributed by atoms with Gasteiger partial charge in [0.25, 0.3) is 17.4 Å². The zero-order valence-corrected chi connectivity index (χ0v) is 19.0. The average Bonchev–Trinajstić information content (AvgIpc) is 3.24. The first kappa shape index (κ1) is 22.6. The van der Waals surface area contributed by atoms with Crippen LogP contribution in [-0.4, -0.2) is 41.6 Å². The van der Waals surface area contributed by atoms with Crippen LogP contribution in [0.2, 0.25) is 0 Å². The maximum atomic E-state index is 12.6. The van der Waals surface area contributed by atoms with Crippen molar-refractivity contribution in [2.75, 3.05) is 13.2 Å². The maximum absolute atomic E-state index is 12.6. The van der Waals surface area contributed by atoms with Crippen LogP contribution in [0.3, 0.4) is 0 Å². The molecule has 0 atom stereocenters. The van der Waals surface area contributed by atoms with Gasteiger partial charge in [-0.3, -0.25) is 20.2 Å². The Labute approximate surface area is 194 Å². The highest BCUT2D eigenvalue weighted by atomic mass is 32.1. The SMILES string of the molecule is CCOCCC1(Oc2ccc(-c3ccc(-c4csc(C)n4)cc3)cc2)C(=O)NC(=O)NC1=O. The second-order valence-electron chi connectivity index (χ2n) is 7.47. The molecule has 2 N–H and O–H groups in total. The standard InChI is InChI=1S/C24H23N3O5S/c1-3-31-13-12-24(21(28)26-23(30)27-22(24)29)32-19-10-8-17(9-11-19)16-4-6-18(7-5-16)20-14-33-15(2)25-20/h4-11,14H,3,12-13H2,1-2H3,(H2,26,27,28,29,30). The molecular weight excluding hydrogens is 442 g/mol. The average molecular weight is 466 g/mol. The van der Waals surface area contributed by atoms with E-state index < -0.39 is 23.4 Å². The number of hydrogen-bond donors (Lipinski definition) is 2.